The number of hydrogen-bond acceptors (Lipinski definition) is 5. The Balaban J connectivity index is 1.78. The molecule has 0 heterocycles. The Kier molecular flexibility index (Phi) is 6.74. The van der Waals surface area contributed by atoms with Gasteiger partial charge in [0.05, 0.1) is 18.9 Å². The molecule has 0 saturated heterocycles. The van der Waals surface area contributed by atoms with E-state index in [1.807, 2.05) is 24.3 Å². The molecule has 0 aliphatic carbocycles. The average Bonchev–Trinajstić information content (AvgIpc) is 2.60. The van der Waals surface area contributed by atoms with Gasteiger partial charge < -0.3 is 14.9 Å². The number of halogens is 1. The van der Waals surface area contributed by atoms with E-state index in [9.17, 15) is 9.59 Å². The number of anilines is 1. The van der Waals surface area contributed by atoms with Crippen molar-refractivity contribution in [3.63, 3.8) is 0 Å². The van der Waals surface area contributed by atoms with Gasteiger partial charge in [-0.1, -0.05) is 17.3 Å². The first-order valence-electron chi connectivity index (χ1n) is 6.97. The molecule has 0 bridgehead atoms. The molecule has 0 spiro atoms. The molecule has 2 rings (SSSR count). The van der Waals surface area contributed by atoms with Gasteiger partial charge in [-0.3, -0.25) is 4.79 Å². The maximum Gasteiger partial charge on any atom is 0.337 e. The van der Waals surface area contributed by atoms with Crippen molar-refractivity contribution in [3.8, 4) is 0 Å². The third kappa shape index (κ3) is 5.65. The summed E-state index contributed by atoms with van der Waals surface area (Å²) >= 11 is 2.19. The number of hydrogen-bond donors (Lipinski definition) is 1. The SMILES string of the molecule is COC(=O)c1ccc(/C=N/OCC(=O)Nc2ccc(I)cc2)cc1. The van der Waals surface area contributed by atoms with Gasteiger partial charge in [0.2, 0.25) is 0 Å². The van der Waals surface area contributed by atoms with Crippen molar-refractivity contribution < 1.29 is 19.2 Å². The number of nitrogens with one attached hydrogen (secondary N) is 1. The summed E-state index contributed by atoms with van der Waals surface area (Å²) in [6.45, 7) is -0.192. The molecule has 0 atom stereocenters. The molecule has 0 unspecified atom stereocenters. The second kappa shape index (κ2) is 9.02. The number of rotatable bonds is 6. The summed E-state index contributed by atoms with van der Waals surface area (Å²) < 4.78 is 5.70. The number of benzene rings is 2. The molecule has 1 N–H and O–H groups in total. The van der Waals surface area contributed by atoms with Crippen LogP contribution in [0.3, 0.4) is 0 Å². The number of ether oxygens (including phenoxy) is 1. The van der Waals surface area contributed by atoms with Crippen molar-refractivity contribution in [2.45, 2.75) is 0 Å². The normalized spacial score (nSPS) is 10.4. The van der Waals surface area contributed by atoms with Gasteiger partial charge in [-0.05, 0) is 64.6 Å². The summed E-state index contributed by atoms with van der Waals surface area (Å²) in [6, 6.07) is 14.1. The quantitative estimate of drug-likeness (QED) is 0.326. The van der Waals surface area contributed by atoms with E-state index < -0.39 is 5.97 Å². The molecule has 0 saturated carbocycles. The Morgan fingerprint density at radius 2 is 1.79 bits per heavy atom. The Morgan fingerprint density at radius 1 is 1.12 bits per heavy atom. The largest absolute Gasteiger partial charge is 0.465 e. The third-order valence-electron chi connectivity index (χ3n) is 2.93. The summed E-state index contributed by atoms with van der Waals surface area (Å²) in [5.74, 6) is -0.698. The first-order valence-corrected chi connectivity index (χ1v) is 8.05. The van der Waals surface area contributed by atoms with Gasteiger partial charge >= 0.3 is 5.97 Å². The molecule has 0 radical (unpaired) electrons. The van der Waals surface area contributed by atoms with Crippen LogP contribution in [-0.2, 0) is 14.4 Å². The summed E-state index contributed by atoms with van der Waals surface area (Å²) in [5, 5.41) is 6.43. The molecule has 0 aliphatic heterocycles. The van der Waals surface area contributed by atoms with Crippen molar-refractivity contribution in [1.29, 1.82) is 0 Å². The lowest BCUT2D eigenvalue weighted by atomic mass is 10.1. The Labute approximate surface area is 153 Å². The number of esters is 1. The van der Waals surface area contributed by atoms with E-state index in [0.717, 1.165) is 9.13 Å². The van der Waals surface area contributed by atoms with E-state index >= 15 is 0 Å². The number of amides is 1. The fourth-order valence-electron chi connectivity index (χ4n) is 1.75. The van der Waals surface area contributed by atoms with Crippen molar-refractivity contribution in [2.24, 2.45) is 5.16 Å². The van der Waals surface area contributed by atoms with Crippen LogP contribution in [0.15, 0.2) is 53.7 Å². The van der Waals surface area contributed by atoms with Crippen LogP contribution in [0, 0.1) is 3.57 Å². The molecule has 7 heteroatoms. The minimum Gasteiger partial charge on any atom is -0.465 e. The molecule has 6 nitrogen and oxygen atoms in total. The van der Waals surface area contributed by atoms with Gasteiger partial charge in [-0.15, -0.1) is 0 Å². The smallest absolute Gasteiger partial charge is 0.337 e. The first kappa shape index (κ1) is 17.9. The predicted molar refractivity (Wildman–Crippen MR) is 99.1 cm³/mol. The van der Waals surface area contributed by atoms with Gasteiger partial charge in [0, 0.05) is 9.26 Å². The lowest BCUT2D eigenvalue weighted by molar-refractivity contribution is -0.120. The van der Waals surface area contributed by atoms with Crippen molar-refractivity contribution in [2.75, 3.05) is 19.0 Å². The number of carbonyl (C=O) groups excluding carboxylic acids is 2. The van der Waals surface area contributed by atoms with Crippen LogP contribution in [0.4, 0.5) is 5.69 Å². The number of methoxy groups -OCH3 is 1. The number of oxime groups is 1. The van der Waals surface area contributed by atoms with Gasteiger partial charge in [0.25, 0.3) is 5.91 Å². The molecule has 24 heavy (non-hydrogen) atoms. The van der Waals surface area contributed by atoms with E-state index in [1.165, 1.54) is 13.3 Å². The highest BCUT2D eigenvalue weighted by Gasteiger charge is 2.04. The second-order valence-corrected chi connectivity index (χ2v) is 5.92. The lowest BCUT2D eigenvalue weighted by Crippen LogP contribution is -2.16. The maximum atomic E-state index is 11.7. The maximum absolute atomic E-state index is 11.7. The fraction of sp³-hybridized carbons (Fsp3) is 0.118. The molecule has 1 amide bonds. The zero-order valence-electron chi connectivity index (χ0n) is 12.9. The number of nitrogens with zero attached hydrogens (tertiary/aromatic N) is 1. The molecular formula is C17H15IN2O4. The van der Waals surface area contributed by atoms with Gasteiger partial charge in [0.15, 0.2) is 6.61 Å². The molecule has 124 valence electrons. The minimum absolute atomic E-state index is 0.192. The second-order valence-electron chi connectivity index (χ2n) is 4.68. The van der Waals surface area contributed by atoms with E-state index in [4.69, 9.17) is 4.84 Å². The van der Waals surface area contributed by atoms with Crippen LogP contribution in [0.2, 0.25) is 0 Å². The highest BCUT2D eigenvalue weighted by atomic mass is 127. The van der Waals surface area contributed by atoms with Crippen molar-refractivity contribution in [1.82, 2.24) is 0 Å². The Bertz CT molecular complexity index is 727. The predicted octanol–water partition coefficient (Wildman–Crippen LogP) is 3.07. The van der Waals surface area contributed by atoms with Crippen LogP contribution < -0.4 is 5.32 Å². The van der Waals surface area contributed by atoms with Crippen molar-refractivity contribution >= 4 is 46.4 Å². The molecule has 0 fully saturated rings. The molecular weight excluding hydrogens is 423 g/mol. The minimum atomic E-state index is -0.401. The summed E-state index contributed by atoms with van der Waals surface area (Å²) in [7, 11) is 1.33. The van der Waals surface area contributed by atoms with Gasteiger partial charge in [-0.25, -0.2) is 4.79 Å². The standard InChI is InChI=1S/C17H15IN2O4/c1-23-17(22)13-4-2-12(3-5-13)10-19-24-11-16(21)20-15-8-6-14(18)7-9-15/h2-10H,11H2,1H3,(H,20,21)/b19-10+. The summed E-state index contributed by atoms with van der Waals surface area (Å²) in [5.41, 5.74) is 1.89. The summed E-state index contributed by atoms with van der Waals surface area (Å²) in [6.07, 6.45) is 1.46. The zero-order chi connectivity index (χ0) is 17.4. The molecule has 2 aromatic rings. The number of carbonyl (C=O) groups is 2. The highest BCUT2D eigenvalue weighted by Crippen LogP contribution is 2.10. The van der Waals surface area contributed by atoms with E-state index in [2.05, 4.69) is 37.8 Å². The Morgan fingerprint density at radius 3 is 2.42 bits per heavy atom. The molecule has 2 aromatic carbocycles. The third-order valence-corrected chi connectivity index (χ3v) is 3.65. The van der Waals surface area contributed by atoms with Crippen LogP contribution in [-0.4, -0.2) is 31.8 Å². The highest BCUT2D eigenvalue weighted by molar-refractivity contribution is 14.1. The fourth-order valence-corrected chi connectivity index (χ4v) is 2.11. The zero-order valence-corrected chi connectivity index (χ0v) is 15.0. The monoisotopic (exact) mass is 438 g/mol. The van der Waals surface area contributed by atoms with Crippen LogP contribution in [0.25, 0.3) is 0 Å². The van der Waals surface area contributed by atoms with Crippen LogP contribution in [0.5, 0.6) is 0 Å². The lowest BCUT2D eigenvalue weighted by Gasteiger charge is -2.04. The first-order chi connectivity index (χ1) is 11.6. The molecule has 0 aliphatic rings. The average molecular weight is 438 g/mol. The topological polar surface area (TPSA) is 77.0 Å². The van der Waals surface area contributed by atoms with E-state index in [-0.39, 0.29) is 12.5 Å². The van der Waals surface area contributed by atoms with Crippen molar-refractivity contribution in [3.05, 3.63) is 63.2 Å². The van der Waals surface area contributed by atoms with Gasteiger partial charge in [0.1, 0.15) is 0 Å². The van der Waals surface area contributed by atoms with Crippen LogP contribution >= 0.6 is 22.6 Å². The Hall–Kier alpha value is -2.42. The van der Waals surface area contributed by atoms with Crippen LogP contribution in [0.1, 0.15) is 15.9 Å². The summed E-state index contributed by atoms with van der Waals surface area (Å²) in [4.78, 5) is 28.0. The van der Waals surface area contributed by atoms with Gasteiger partial charge in [-0.2, -0.15) is 0 Å². The van der Waals surface area contributed by atoms with E-state index in [0.29, 0.717) is 11.3 Å². The van der Waals surface area contributed by atoms with E-state index in [1.54, 1.807) is 24.3 Å². The molecule has 0 aromatic heterocycles.